The Morgan fingerprint density at radius 2 is 2.04 bits per heavy atom. The molecule has 8 heteroatoms. The van der Waals surface area contributed by atoms with E-state index in [2.05, 4.69) is 34.0 Å². The van der Waals surface area contributed by atoms with Gasteiger partial charge in [0.1, 0.15) is 0 Å². The molecule has 1 aromatic carbocycles. The van der Waals surface area contributed by atoms with Crippen molar-refractivity contribution in [3.8, 4) is 0 Å². The summed E-state index contributed by atoms with van der Waals surface area (Å²) in [5.74, 6) is 1.01. The first-order chi connectivity index (χ1) is 11.1. The first-order valence-corrected chi connectivity index (χ1v) is 8.20. The minimum Gasteiger partial charge on any atom is -0.356 e. The molecule has 1 aromatic heterocycles. The molecule has 0 aliphatic heterocycles. The average Bonchev–Trinajstić information content (AvgIpc) is 3.09. The summed E-state index contributed by atoms with van der Waals surface area (Å²) in [6.07, 6.45) is 0. The van der Waals surface area contributed by atoms with Gasteiger partial charge in [-0.2, -0.15) is 0 Å². The summed E-state index contributed by atoms with van der Waals surface area (Å²) >= 11 is 1.73. The van der Waals surface area contributed by atoms with Crippen molar-refractivity contribution >= 4 is 47.0 Å². The van der Waals surface area contributed by atoms with Crippen molar-refractivity contribution in [2.75, 3.05) is 13.6 Å². The number of para-hydroxylation sites is 1. The molecular formula is C16H21IN4O2S. The van der Waals surface area contributed by atoms with Crippen LogP contribution in [0.4, 0.5) is 5.69 Å². The number of hydrogen-bond donors (Lipinski definition) is 2. The lowest BCUT2D eigenvalue weighted by molar-refractivity contribution is -0.385. The van der Waals surface area contributed by atoms with Gasteiger partial charge in [-0.3, -0.25) is 15.1 Å². The molecule has 1 atom stereocenters. The lowest BCUT2D eigenvalue weighted by atomic mass is 10.1. The van der Waals surface area contributed by atoms with Crippen LogP contribution in [0.5, 0.6) is 0 Å². The van der Waals surface area contributed by atoms with Gasteiger partial charge < -0.3 is 10.6 Å². The van der Waals surface area contributed by atoms with Gasteiger partial charge >= 0.3 is 0 Å². The molecule has 2 rings (SSSR count). The van der Waals surface area contributed by atoms with Crippen LogP contribution in [0.3, 0.4) is 0 Å². The van der Waals surface area contributed by atoms with Gasteiger partial charge in [-0.05, 0) is 11.4 Å². The Kier molecular flexibility index (Phi) is 8.69. The fraction of sp³-hybridized carbons (Fsp3) is 0.312. The third kappa shape index (κ3) is 5.75. The molecule has 0 aliphatic carbocycles. The van der Waals surface area contributed by atoms with E-state index in [9.17, 15) is 10.1 Å². The predicted octanol–water partition coefficient (Wildman–Crippen LogP) is 3.74. The smallest absolute Gasteiger partial charge is 0.274 e. The van der Waals surface area contributed by atoms with Crippen LogP contribution in [0, 0.1) is 10.1 Å². The van der Waals surface area contributed by atoms with Crippen molar-refractivity contribution in [3.63, 3.8) is 0 Å². The molecule has 24 heavy (non-hydrogen) atoms. The minimum atomic E-state index is -0.369. The van der Waals surface area contributed by atoms with E-state index in [4.69, 9.17) is 0 Å². The van der Waals surface area contributed by atoms with E-state index in [-0.39, 0.29) is 34.6 Å². The van der Waals surface area contributed by atoms with Crippen LogP contribution < -0.4 is 10.6 Å². The SMILES string of the molecule is CN=C(NCc1ccccc1[N+](=O)[O-])NCC(C)c1cccs1.I. The topological polar surface area (TPSA) is 79.6 Å². The fourth-order valence-corrected chi connectivity index (χ4v) is 2.95. The minimum absolute atomic E-state index is 0. The molecule has 0 saturated heterocycles. The highest BCUT2D eigenvalue weighted by atomic mass is 127. The van der Waals surface area contributed by atoms with Crippen LogP contribution in [0.15, 0.2) is 46.8 Å². The van der Waals surface area contributed by atoms with E-state index in [0.29, 0.717) is 24.0 Å². The van der Waals surface area contributed by atoms with Gasteiger partial charge in [-0.15, -0.1) is 35.3 Å². The highest BCUT2D eigenvalue weighted by Gasteiger charge is 2.13. The quantitative estimate of drug-likeness (QED) is 0.226. The Bertz CT molecular complexity index is 676. The number of benzene rings is 1. The monoisotopic (exact) mass is 460 g/mol. The van der Waals surface area contributed by atoms with Crippen molar-refractivity contribution in [1.82, 2.24) is 10.6 Å². The number of rotatable bonds is 6. The van der Waals surface area contributed by atoms with E-state index < -0.39 is 0 Å². The molecule has 0 bridgehead atoms. The van der Waals surface area contributed by atoms with Crippen molar-refractivity contribution < 1.29 is 4.92 Å². The Labute approximate surface area is 162 Å². The van der Waals surface area contributed by atoms with Crippen LogP contribution in [0.2, 0.25) is 0 Å². The molecule has 1 heterocycles. The van der Waals surface area contributed by atoms with E-state index in [0.717, 1.165) is 6.54 Å². The molecule has 1 unspecified atom stereocenters. The largest absolute Gasteiger partial charge is 0.356 e. The normalized spacial score (nSPS) is 12.2. The second kappa shape index (κ2) is 10.2. The zero-order valence-corrected chi connectivity index (χ0v) is 16.7. The summed E-state index contributed by atoms with van der Waals surface area (Å²) in [6.45, 7) is 3.25. The van der Waals surface area contributed by atoms with Crippen molar-refractivity contribution in [2.45, 2.75) is 19.4 Å². The van der Waals surface area contributed by atoms with E-state index in [1.54, 1.807) is 36.6 Å². The lowest BCUT2D eigenvalue weighted by Crippen LogP contribution is -2.38. The summed E-state index contributed by atoms with van der Waals surface area (Å²) in [7, 11) is 1.69. The molecular weight excluding hydrogens is 439 g/mol. The summed E-state index contributed by atoms with van der Waals surface area (Å²) in [4.78, 5) is 16.1. The van der Waals surface area contributed by atoms with E-state index in [1.165, 1.54) is 10.9 Å². The fourth-order valence-electron chi connectivity index (χ4n) is 2.16. The second-order valence-corrected chi connectivity index (χ2v) is 6.09. The van der Waals surface area contributed by atoms with Gasteiger partial charge in [0.25, 0.3) is 5.69 Å². The molecule has 2 N–H and O–H groups in total. The number of thiophene rings is 1. The molecule has 0 amide bonds. The zero-order valence-electron chi connectivity index (χ0n) is 13.6. The maximum Gasteiger partial charge on any atom is 0.274 e. The number of guanidine groups is 1. The maximum absolute atomic E-state index is 11.0. The predicted molar refractivity (Wildman–Crippen MR) is 109 cm³/mol. The molecule has 6 nitrogen and oxygen atoms in total. The number of aliphatic imine (C=N–C) groups is 1. The van der Waals surface area contributed by atoms with Crippen molar-refractivity contribution in [3.05, 3.63) is 62.3 Å². The van der Waals surface area contributed by atoms with Crippen molar-refractivity contribution in [2.24, 2.45) is 4.99 Å². The Morgan fingerprint density at radius 3 is 2.67 bits per heavy atom. The molecule has 0 radical (unpaired) electrons. The molecule has 0 aliphatic rings. The third-order valence-corrected chi connectivity index (χ3v) is 4.57. The summed E-state index contributed by atoms with van der Waals surface area (Å²) < 4.78 is 0. The molecule has 0 fully saturated rings. The van der Waals surface area contributed by atoms with Gasteiger partial charge in [0.05, 0.1) is 4.92 Å². The molecule has 2 aromatic rings. The average molecular weight is 460 g/mol. The number of nitro groups is 1. The maximum atomic E-state index is 11.0. The van der Waals surface area contributed by atoms with Gasteiger partial charge in [0.2, 0.25) is 0 Å². The number of nitrogens with one attached hydrogen (secondary N) is 2. The Balaban J connectivity index is 0.00000288. The van der Waals surface area contributed by atoms with Crippen molar-refractivity contribution in [1.29, 1.82) is 0 Å². The first kappa shape index (κ1) is 20.4. The number of nitrogens with zero attached hydrogens (tertiary/aromatic N) is 2. The summed E-state index contributed by atoms with van der Waals surface area (Å²) in [6, 6.07) is 10.9. The van der Waals surface area contributed by atoms with E-state index in [1.807, 2.05) is 6.07 Å². The summed E-state index contributed by atoms with van der Waals surface area (Å²) in [5.41, 5.74) is 0.745. The zero-order chi connectivity index (χ0) is 16.7. The van der Waals surface area contributed by atoms with Crippen LogP contribution in [-0.2, 0) is 6.54 Å². The Hall–Kier alpha value is -1.68. The summed E-state index contributed by atoms with van der Waals surface area (Å²) in [5, 5.41) is 19.4. The van der Waals surface area contributed by atoms with Crippen LogP contribution in [0.1, 0.15) is 23.3 Å². The van der Waals surface area contributed by atoms with Gasteiger partial charge in [0.15, 0.2) is 5.96 Å². The standard InChI is InChI=1S/C16H20N4O2S.HI/c1-12(15-8-5-9-23-15)10-18-16(17-2)19-11-13-6-3-4-7-14(13)20(21)22;/h3-9,12H,10-11H2,1-2H3,(H2,17,18,19);1H. The Morgan fingerprint density at radius 1 is 1.29 bits per heavy atom. The highest BCUT2D eigenvalue weighted by Crippen LogP contribution is 2.19. The van der Waals surface area contributed by atoms with Gasteiger partial charge in [-0.25, -0.2) is 0 Å². The van der Waals surface area contributed by atoms with Crippen LogP contribution >= 0.6 is 35.3 Å². The number of hydrogen-bond acceptors (Lipinski definition) is 4. The second-order valence-electron chi connectivity index (χ2n) is 5.11. The lowest BCUT2D eigenvalue weighted by Gasteiger charge is -2.15. The number of halogens is 1. The third-order valence-electron chi connectivity index (χ3n) is 3.46. The van der Waals surface area contributed by atoms with Crippen LogP contribution in [-0.4, -0.2) is 24.5 Å². The van der Waals surface area contributed by atoms with Gasteiger partial charge in [0, 0.05) is 42.6 Å². The number of nitro benzene ring substituents is 1. The highest BCUT2D eigenvalue weighted by molar-refractivity contribution is 14.0. The molecule has 130 valence electrons. The van der Waals surface area contributed by atoms with Crippen LogP contribution in [0.25, 0.3) is 0 Å². The first-order valence-electron chi connectivity index (χ1n) is 7.32. The molecule has 0 spiro atoms. The van der Waals surface area contributed by atoms with Gasteiger partial charge in [-0.1, -0.05) is 31.2 Å². The van der Waals surface area contributed by atoms with E-state index >= 15 is 0 Å². The molecule has 0 saturated carbocycles.